The second-order valence-electron chi connectivity index (χ2n) is 5.03. The Bertz CT molecular complexity index is 421. The van der Waals surface area contributed by atoms with Gasteiger partial charge in [0.25, 0.3) is 0 Å². The van der Waals surface area contributed by atoms with Crippen molar-refractivity contribution in [3.8, 4) is 0 Å². The summed E-state index contributed by atoms with van der Waals surface area (Å²) in [6, 6.07) is -0.195. The molecule has 21 heavy (non-hydrogen) atoms. The summed E-state index contributed by atoms with van der Waals surface area (Å²) in [4.78, 5) is 21.9. The van der Waals surface area contributed by atoms with Gasteiger partial charge in [-0.15, -0.1) is 5.10 Å². The molecule has 1 heterocycles. The molecule has 3 N–H and O–H groups in total. The largest absolute Gasteiger partial charge is 0.481 e. The average molecular weight is 297 g/mol. The summed E-state index contributed by atoms with van der Waals surface area (Å²) in [7, 11) is 0. The predicted molar refractivity (Wildman–Crippen MR) is 76.7 cm³/mol. The first-order chi connectivity index (χ1) is 10.1. The molecule has 0 aliphatic heterocycles. The first kappa shape index (κ1) is 16.9. The highest BCUT2D eigenvalue weighted by Gasteiger charge is 2.06. The van der Waals surface area contributed by atoms with Gasteiger partial charge >= 0.3 is 12.0 Å². The molecule has 1 rings (SSSR count). The van der Waals surface area contributed by atoms with Crippen LogP contribution in [0.15, 0.2) is 12.4 Å². The zero-order valence-electron chi connectivity index (χ0n) is 12.3. The Balaban J connectivity index is 1.97. The molecular weight excluding hydrogens is 274 g/mol. The summed E-state index contributed by atoms with van der Waals surface area (Å²) in [6.45, 7) is 3.82. The Morgan fingerprint density at radius 2 is 2.05 bits per heavy atom. The smallest absolute Gasteiger partial charge is 0.314 e. The molecule has 1 aromatic heterocycles. The van der Waals surface area contributed by atoms with Crippen molar-refractivity contribution < 1.29 is 14.7 Å². The second kappa shape index (κ2) is 9.73. The van der Waals surface area contributed by atoms with Gasteiger partial charge < -0.3 is 15.7 Å². The molecule has 1 aromatic rings. The van der Waals surface area contributed by atoms with Crippen LogP contribution in [0.4, 0.5) is 4.79 Å². The average Bonchev–Trinajstić information content (AvgIpc) is 2.94. The summed E-state index contributed by atoms with van der Waals surface area (Å²) in [5.41, 5.74) is 0. The van der Waals surface area contributed by atoms with Crippen LogP contribution in [0.2, 0.25) is 0 Å². The van der Waals surface area contributed by atoms with Gasteiger partial charge in [0.15, 0.2) is 0 Å². The van der Waals surface area contributed by atoms with Crippen LogP contribution < -0.4 is 10.6 Å². The fourth-order valence-corrected chi connectivity index (χ4v) is 1.80. The van der Waals surface area contributed by atoms with Crippen molar-refractivity contribution in [3.63, 3.8) is 0 Å². The minimum atomic E-state index is -0.778. The quantitative estimate of drug-likeness (QED) is 0.555. The first-order valence-electron chi connectivity index (χ1n) is 7.15. The number of nitrogens with one attached hydrogen (secondary N) is 2. The minimum absolute atomic E-state index is 0.176. The molecule has 0 spiro atoms. The SMILES string of the molecule is CC(CCNC(=O)NCCCn1ccnn1)CCC(=O)O. The third kappa shape index (κ3) is 8.61. The van der Waals surface area contributed by atoms with E-state index in [1.54, 1.807) is 17.1 Å². The number of hydrogen-bond acceptors (Lipinski definition) is 4. The number of carboxylic acids is 1. The standard InChI is InChI=1S/C13H23N5O3/c1-11(3-4-12(19)20)5-7-15-13(21)14-6-2-9-18-10-8-16-17-18/h8,10-11H,2-7,9H2,1H3,(H,19,20)(H2,14,15,21). The first-order valence-corrected chi connectivity index (χ1v) is 7.15. The van der Waals surface area contributed by atoms with Crippen LogP contribution in [0.5, 0.6) is 0 Å². The number of aliphatic carboxylic acids is 1. The van der Waals surface area contributed by atoms with E-state index in [0.29, 0.717) is 26.1 Å². The highest BCUT2D eigenvalue weighted by Crippen LogP contribution is 2.08. The molecule has 0 aliphatic carbocycles. The zero-order valence-corrected chi connectivity index (χ0v) is 12.3. The molecule has 0 saturated carbocycles. The molecule has 1 atom stereocenters. The number of aryl methyl sites for hydroxylation is 1. The van der Waals surface area contributed by atoms with E-state index in [2.05, 4.69) is 20.9 Å². The van der Waals surface area contributed by atoms with E-state index in [0.717, 1.165) is 12.8 Å². The van der Waals surface area contributed by atoms with Gasteiger partial charge in [-0.05, 0) is 25.2 Å². The minimum Gasteiger partial charge on any atom is -0.481 e. The number of carbonyl (C=O) groups is 2. The van der Waals surface area contributed by atoms with Gasteiger partial charge in [0.05, 0.1) is 6.20 Å². The molecule has 0 aromatic carbocycles. The number of hydrogen-bond donors (Lipinski definition) is 3. The van der Waals surface area contributed by atoms with Gasteiger partial charge in [0.2, 0.25) is 0 Å². The maximum absolute atomic E-state index is 11.5. The monoisotopic (exact) mass is 297 g/mol. The number of carboxylic acid groups (broad SMARTS) is 1. The van der Waals surface area contributed by atoms with Crippen LogP contribution in [-0.2, 0) is 11.3 Å². The topological polar surface area (TPSA) is 109 Å². The fraction of sp³-hybridized carbons (Fsp3) is 0.692. The number of urea groups is 1. The molecule has 0 saturated heterocycles. The predicted octanol–water partition coefficient (Wildman–Crippen LogP) is 0.858. The Labute approximate surface area is 123 Å². The summed E-state index contributed by atoms with van der Waals surface area (Å²) in [5.74, 6) is -0.492. The van der Waals surface area contributed by atoms with Crippen LogP contribution in [0.25, 0.3) is 0 Å². The maximum Gasteiger partial charge on any atom is 0.314 e. The summed E-state index contributed by atoms with van der Waals surface area (Å²) >= 11 is 0. The zero-order chi connectivity index (χ0) is 15.5. The van der Waals surface area contributed by atoms with E-state index in [-0.39, 0.29) is 18.4 Å². The maximum atomic E-state index is 11.5. The van der Waals surface area contributed by atoms with E-state index >= 15 is 0 Å². The highest BCUT2D eigenvalue weighted by atomic mass is 16.4. The van der Waals surface area contributed by atoms with Crippen molar-refractivity contribution in [2.24, 2.45) is 5.92 Å². The van der Waals surface area contributed by atoms with Gasteiger partial charge in [-0.25, -0.2) is 4.79 Å². The van der Waals surface area contributed by atoms with Gasteiger partial charge in [-0.1, -0.05) is 12.1 Å². The van der Waals surface area contributed by atoms with Crippen molar-refractivity contribution in [2.45, 2.75) is 39.2 Å². The van der Waals surface area contributed by atoms with E-state index < -0.39 is 5.97 Å². The normalized spacial score (nSPS) is 11.9. The lowest BCUT2D eigenvalue weighted by atomic mass is 10.0. The summed E-state index contributed by atoms with van der Waals surface area (Å²) < 4.78 is 1.71. The third-order valence-corrected chi connectivity index (χ3v) is 3.10. The van der Waals surface area contributed by atoms with Crippen LogP contribution in [0, 0.1) is 5.92 Å². The molecule has 0 bridgehead atoms. The van der Waals surface area contributed by atoms with Gasteiger partial charge in [0, 0.05) is 32.3 Å². The van der Waals surface area contributed by atoms with E-state index in [1.807, 2.05) is 6.92 Å². The molecule has 0 fully saturated rings. The van der Waals surface area contributed by atoms with Crippen molar-refractivity contribution in [1.29, 1.82) is 0 Å². The van der Waals surface area contributed by atoms with Gasteiger partial charge in [0.1, 0.15) is 0 Å². The molecular formula is C13H23N5O3. The second-order valence-corrected chi connectivity index (χ2v) is 5.03. The Morgan fingerprint density at radius 3 is 2.71 bits per heavy atom. The van der Waals surface area contributed by atoms with Crippen molar-refractivity contribution in [1.82, 2.24) is 25.6 Å². The van der Waals surface area contributed by atoms with Gasteiger partial charge in [-0.2, -0.15) is 0 Å². The molecule has 0 aliphatic rings. The molecule has 2 amide bonds. The van der Waals surface area contributed by atoms with Crippen molar-refractivity contribution >= 4 is 12.0 Å². The number of nitrogens with zero attached hydrogens (tertiary/aromatic N) is 3. The number of rotatable bonds is 10. The molecule has 8 nitrogen and oxygen atoms in total. The summed E-state index contributed by atoms with van der Waals surface area (Å²) in [6.07, 6.45) is 5.77. The highest BCUT2D eigenvalue weighted by molar-refractivity contribution is 5.73. The van der Waals surface area contributed by atoms with E-state index in [1.165, 1.54) is 0 Å². The van der Waals surface area contributed by atoms with Crippen LogP contribution in [-0.4, -0.2) is 45.2 Å². The molecule has 0 radical (unpaired) electrons. The molecule has 118 valence electrons. The Hall–Kier alpha value is -2.12. The number of carbonyl (C=O) groups excluding carboxylic acids is 1. The lowest BCUT2D eigenvalue weighted by molar-refractivity contribution is -0.137. The van der Waals surface area contributed by atoms with Gasteiger partial charge in [-0.3, -0.25) is 9.48 Å². The molecule has 8 heteroatoms. The lowest BCUT2D eigenvalue weighted by Crippen LogP contribution is -2.37. The van der Waals surface area contributed by atoms with E-state index in [9.17, 15) is 9.59 Å². The number of amides is 2. The third-order valence-electron chi connectivity index (χ3n) is 3.10. The fourth-order valence-electron chi connectivity index (χ4n) is 1.80. The molecule has 1 unspecified atom stereocenters. The van der Waals surface area contributed by atoms with Crippen molar-refractivity contribution in [2.75, 3.05) is 13.1 Å². The Morgan fingerprint density at radius 1 is 1.29 bits per heavy atom. The van der Waals surface area contributed by atoms with Crippen molar-refractivity contribution in [3.05, 3.63) is 12.4 Å². The Kier molecular flexibility index (Phi) is 7.85. The van der Waals surface area contributed by atoms with Crippen LogP contribution >= 0.6 is 0 Å². The van der Waals surface area contributed by atoms with Crippen LogP contribution in [0.3, 0.4) is 0 Å². The van der Waals surface area contributed by atoms with E-state index in [4.69, 9.17) is 5.11 Å². The summed E-state index contributed by atoms with van der Waals surface area (Å²) in [5, 5.41) is 21.6. The lowest BCUT2D eigenvalue weighted by Gasteiger charge is -2.11. The van der Waals surface area contributed by atoms with Crippen LogP contribution in [0.1, 0.15) is 32.6 Å². The number of aromatic nitrogens is 3.